The molecule has 9 nitrogen and oxygen atoms in total. The lowest BCUT2D eigenvalue weighted by molar-refractivity contribution is 1.19. The van der Waals surface area contributed by atoms with Crippen LogP contribution < -0.4 is 22.9 Å². The maximum Gasteiger partial charge on any atom is 0.211 e. The maximum absolute atomic E-state index is 7.18. The molecule has 16 heavy (non-hydrogen) atoms. The van der Waals surface area contributed by atoms with Crippen LogP contribution in [0.3, 0.4) is 0 Å². The third kappa shape index (κ3) is 17.7. The summed E-state index contributed by atoms with van der Waals surface area (Å²) < 4.78 is 0. The summed E-state index contributed by atoms with van der Waals surface area (Å²) in [7, 11) is 0. The molecule has 0 atom stereocenters. The van der Waals surface area contributed by atoms with Crippen LogP contribution in [0.2, 0.25) is 0 Å². The number of nitrogens with two attached hydrogens (primary N) is 4. The van der Waals surface area contributed by atoms with Crippen molar-refractivity contribution >= 4 is 36.5 Å². The van der Waals surface area contributed by atoms with Gasteiger partial charge in [0.2, 0.25) is 11.9 Å². The van der Waals surface area contributed by atoms with Gasteiger partial charge in [0.05, 0.1) is 11.9 Å². The summed E-state index contributed by atoms with van der Waals surface area (Å²) in [6.45, 7) is 1.64. The Morgan fingerprint density at radius 1 is 1.12 bits per heavy atom. The van der Waals surface area contributed by atoms with Crippen molar-refractivity contribution in [3.8, 4) is 5.40 Å². The van der Waals surface area contributed by atoms with E-state index in [-0.39, 0.29) is 11.9 Å². The molecule has 0 saturated carbocycles. The Kier molecular flexibility index (Phi) is 10.9. The molecule has 0 aliphatic rings. The monoisotopic (exact) mass is 243 g/mol. The van der Waals surface area contributed by atoms with E-state index in [0.29, 0.717) is 5.71 Å². The molecule has 0 fully saturated rings. The molecule has 0 heterocycles. The lowest BCUT2D eigenvalue weighted by Crippen LogP contribution is -2.22. The highest BCUT2D eigenvalue weighted by atomic mass is 32.1. The molecule has 0 aliphatic carbocycles. The minimum absolute atomic E-state index is 0.130. The predicted molar refractivity (Wildman–Crippen MR) is 67.8 cm³/mol. The molecule has 8 N–H and O–H groups in total. The van der Waals surface area contributed by atoms with Gasteiger partial charge in [0.25, 0.3) is 0 Å². The first-order valence-electron chi connectivity index (χ1n) is 3.72. The van der Waals surface area contributed by atoms with E-state index in [9.17, 15) is 0 Å². The minimum Gasteiger partial charge on any atom is -0.369 e. The summed E-state index contributed by atoms with van der Waals surface area (Å²) >= 11 is 3.09. The lowest BCUT2D eigenvalue weighted by atomic mass is 10.5. The molecular formula is C6H13N9S. The number of thiocyanates is 1. The van der Waals surface area contributed by atoms with Crippen LogP contribution in [0.4, 0.5) is 0 Å². The van der Waals surface area contributed by atoms with Crippen molar-refractivity contribution in [2.75, 3.05) is 0 Å². The van der Waals surface area contributed by atoms with Crippen molar-refractivity contribution in [2.45, 2.75) is 6.92 Å². The van der Waals surface area contributed by atoms with Crippen molar-refractivity contribution in [3.05, 3.63) is 0 Å². The summed E-state index contributed by atoms with van der Waals surface area (Å²) in [5, 5.41) is 22.4. The van der Waals surface area contributed by atoms with Gasteiger partial charge in [-0.1, -0.05) is 12.6 Å². The Bertz CT molecular complexity index is 340. The third-order valence-corrected chi connectivity index (χ3v) is 0.741. The van der Waals surface area contributed by atoms with Gasteiger partial charge in [-0.05, 0) is 6.92 Å². The second-order valence-corrected chi connectivity index (χ2v) is 2.34. The molecule has 0 aliphatic heterocycles. The Morgan fingerprint density at radius 3 is 1.94 bits per heavy atom. The van der Waals surface area contributed by atoms with Gasteiger partial charge in [0.1, 0.15) is 5.40 Å². The summed E-state index contributed by atoms with van der Waals surface area (Å²) in [4.78, 5) is 0. The van der Waals surface area contributed by atoms with E-state index >= 15 is 0 Å². The topological polar surface area (TPSA) is 177 Å². The molecule has 0 rings (SSSR count). The van der Waals surface area contributed by atoms with Crippen molar-refractivity contribution in [1.82, 2.24) is 0 Å². The molecule has 0 saturated heterocycles. The van der Waals surface area contributed by atoms with Gasteiger partial charge in [-0.3, -0.25) is 0 Å². The van der Waals surface area contributed by atoms with Gasteiger partial charge in [-0.2, -0.15) is 15.5 Å². The zero-order valence-electron chi connectivity index (χ0n) is 8.57. The van der Waals surface area contributed by atoms with Crippen molar-refractivity contribution < 1.29 is 0 Å². The Labute approximate surface area is 98.0 Å². The van der Waals surface area contributed by atoms with Crippen LogP contribution in [0.15, 0.2) is 20.4 Å². The van der Waals surface area contributed by atoms with Gasteiger partial charge >= 0.3 is 0 Å². The number of nitriles is 1. The minimum atomic E-state index is -0.133. The van der Waals surface area contributed by atoms with Crippen LogP contribution in [-0.2, 0) is 0 Å². The largest absolute Gasteiger partial charge is 0.369 e. The second kappa shape index (κ2) is 10.8. The van der Waals surface area contributed by atoms with Gasteiger partial charge in [0.15, 0.2) is 0 Å². The van der Waals surface area contributed by atoms with Gasteiger partial charge in [-0.15, -0.1) is 10.2 Å². The highest BCUT2D eigenvalue weighted by Crippen LogP contribution is 1.76. The fourth-order valence-corrected chi connectivity index (χ4v) is 0.342. The van der Waals surface area contributed by atoms with E-state index in [4.69, 9.17) is 28.2 Å². The molecule has 0 radical (unpaired) electrons. The highest BCUT2D eigenvalue weighted by Gasteiger charge is 1.83. The summed E-state index contributed by atoms with van der Waals surface area (Å²) in [6, 6.07) is 0. The van der Waals surface area contributed by atoms with Crippen molar-refractivity contribution in [1.29, 1.82) is 5.26 Å². The number of rotatable bonds is 3. The number of hydrogen-bond acceptors (Lipinski definition) is 6. The summed E-state index contributed by atoms with van der Waals surface area (Å²) in [5.74, 6) is -0.263. The number of guanidine groups is 2. The zero-order chi connectivity index (χ0) is 13.0. The van der Waals surface area contributed by atoms with Crippen LogP contribution in [0.5, 0.6) is 0 Å². The van der Waals surface area contributed by atoms with E-state index in [0.717, 1.165) is 0 Å². The predicted octanol–water partition coefficient (Wildman–Crippen LogP) is -1.71. The first kappa shape index (κ1) is 16.2. The molecular weight excluding hydrogens is 230 g/mol. The van der Waals surface area contributed by atoms with E-state index in [1.165, 1.54) is 11.6 Å². The SMILES string of the molecule is CC(/C=N/N=C(N)N)=N\N=C(N)N.N#CS. The molecule has 88 valence electrons. The molecule has 0 aromatic carbocycles. The molecule has 10 heteroatoms. The Morgan fingerprint density at radius 2 is 1.56 bits per heavy atom. The smallest absolute Gasteiger partial charge is 0.211 e. The number of thiol groups is 1. The zero-order valence-corrected chi connectivity index (χ0v) is 9.46. The van der Waals surface area contributed by atoms with Crippen LogP contribution in [0, 0.1) is 10.7 Å². The second-order valence-electron chi connectivity index (χ2n) is 2.14. The Hall–Kier alpha value is -2.28. The molecule has 0 aromatic heterocycles. The Balaban J connectivity index is 0. The van der Waals surface area contributed by atoms with Crippen LogP contribution >= 0.6 is 12.6 Å². The van der Waals surface area contributed by atoms with Crippen molar-refractivity contribution in [3.63, 3.8) is 0 Å². The number of hydrogen-bond donors (Lipinski definition) is 5. The fourth-order valence-electron chi connectivity index (χ4n) is 0.342. The van der Waals surface area contributed by atoms with Gasteiger partial charge < -0.3 is 22.9 Å². The third-order valence-electron chi connectivity index (χ3n) is 0.741. The van der Waals surface area contributed by atoms with Crippen LogP contribution in [0.1, 0.15) is 6.92 Å². The van der Waals surface area contributed by atoms with Gasteiger partial charge in [0, 0.05) is 0 Å². The first-order valence-corrected chi connectivity index (χ1v) is 4.17. The lowest BCUT2D eigenvalue weighted by Gasteiger charge is -1.86. The van der Waals surface area contributed by atoms with Crippen molar-refractivity contribution in [2.24, 2.45) is 43.3 Å². The van der Waals surface area contributed by atoms with Crippen LogP contribution in [0.25, 0.3) is 0 Å². The van der Waals surface area contributed by atoms with Gasteiger partial charge in [-0.25, -0.2) is 0 Å². The quantitative estimate of drug-likeness (QED) is 0.130. The number of nitrogens with zero attached hydrogens (tertiary/aromatic N) is 5. The average molecular weight is 243 g/mol. The van der Waals surface area contributed by atoms with E-state index < -0.39 is 0 Å². The highest BCUT2D eigenvalue weighted by molar-refractivity contribution is 7.85. The fraction of sp³-hybridized carbons (Fsp3) is 0.167. The van der Waals surface area contributed by atoms with E-state index in [2.05, 4.69) is 33.0 Å². The average Bonchev–Trinajstić information content (AvgIpc) is 2.15. The molecule has 0 spiro atoms. The maximum atomic E-state index is 7.18. The molecule has 0 aromatic rings. The first-order chi connectivity index (χ1) is 7.43. The standard InChI is InChI=1S/C5H12N8.CHNS/c1-3(11-13-5(8)9)2-10-12-4(6)7;2-1-3/h2H,1H3,(H4,6,7,12)(H4,8,9,13);3H/b10-2+,11-3+;. The molecule has 0 amide bonds. The van der Waals surface area contributed by atoms with E-state index in [1.807, 2.05) is 0 Å². The summed E-state index contributed by atoms with van der Waals surface area (Å²) in [6.07, 6.45) is 1.31. The van der Waals surface area contributed by atoms with Crippen LogP contribution in [-0.4, -0.2) is 23.8 Å². The summed E-state index contributed by atoms with van der Waals surface area (Å²) in [5.41, 5.74) is 20.5. The molecule has 0 unspecified atom stereocenters. The molecule has 0 bridgehead atoms. The normalized spacial score (nSPS) is 9.69. The van der Waals surface area contributed by atoms with E-state index in [1.54, 1.807) is 6.92 Å².